The van der Waals surface area contributed by atoms with Crippen LogP contribution in [-0.2, 0) is 24.3 Å². The van der Waals surface area contributed by atoms with Crippen LogP contribution in [0.25, 0.3) is 0 Å². The van der Waals surface area contributed by atoms with Gasteiger partial charge in [0.2, 0.25) is 5.91 Å². The largest absolute Gasteiger partial charge is 0.357 e. The lowest BCUT2D eigenvalue weighted by Gasteiger charge is -2.18. The van der Waals surface area contributed by atoms with E-state index in [1.54, 1.807) is 11.3 Å². The number of nitrogens with zero attached hydrogens (tertiary/aromatic N) is 3. The lowest BCUT2D eigenvalue weighted by molar-refractivity contribution is -0.128. The van der Waals surface area contributed by atoms with Crippen molar-refractivity contribution >= 4 is 23.2 Å². The van der Waals surface area contributed by atoms with Gasteiger partial charge in [0.25, 0.3) is 0 Å². The molecular weight excluding hydrogens is 382 g/mol. The van der Waals surface area contributed by atoms with Gasteiger partial charge in [-0.05, 0) is 38.3 Å². The van der Waals surface area contributed by atoms with Crippen LogP contribution in [0.2, 0.25) is 0 Å². The fourth-order valence-corrected chi connectivity index (χ4v) is 4.32. The minimum atomic E-state index is 0.256. The summed E-state index contributed by atoms with van der Waals surface area (Å²) in [6.07, 6.45) is 2.52. The molecule has 0 unspecified atom stereocenters. The molecule has 29 heavy (non-hydrogen) atoms. The van der Waals surface area contributed by atoms with E-state index in [1.165, 1.54) is 10.4 Å². The highest BCUT2D eigenvalue weighted by Gasteiger charge is 2.20. The van der Waals surface area contributed by atoms with Crippen LogP contribution in [0.4, 0.5) is 0 Å². The van der Waals surface area contributed by atoms with E-state index < -0.39 is 0 Å². The van der Waals surface area contributed by atoms with E-state index in [9.17, 15) is 4.79 Å². The molecule has 1 aromatic carbocycles. The molecule has 0 aliphatic carbocycles. The number of amides is 1. The number of likely N-dealkylation sites (tertiary alicyclic amines) is 1. The average Bonchev–Trinajstić information content (AvgIpc) is 3.25. The van der Waals surface area contributed by atoms with Crippen molar-refractivity contribution in [3.8, 4) is 0 Å². The van der Waals surface area contributed by atoms with E-state index in [-0.39, 0.29) is 5.91 Å². The summed E-state index contributed by atoms with van der Waals surface area (Å²) in [7, 11) is 0. The van der Waals surface area contributed by atoms with Crippen molar-refractivity contribution in [1.82, 2.24) is 20.5 Å². The Bertz CT molecular complexity index is 841. The van der Waals surface area contributed by atoms with Crippen LogP contribution >= 0.6 is 11.3 Å². The van der Waals surface area contributed by atoms with E-state index in [1.807, 2.05) is 17.0 Å². The summed E-state index contributed by atoms with van der Waals surface area (Å²) in [6.45, 7) is 9.96. The number of guanidine groups is 1. The van der Waals surface area contributed by atoms with Crippen molar-refractivity contribution in [3.05, 3.63) is 51.0 Å². The molecule has 7 heteroatoms. The second-order valence-electron chi connectivity index (χ2n) is 7.31. The molecule has 1 amide bonds. The minimum Gasteiger partial charge on any atom is -0.357 e. The van der Waals surface area contributed by atoms with Gasteiger partial charge in [-0.1, -0.05) is 24.3 Å². The van der Waals surface area contributed by atoms with Crippen LogP contribution in [0.15, 0.2) is 29.3 Å². The number of aryl methyl sites for hydroxylation is 2. The van der Waals surface area contributed by atoms with Gasteiger partial charge in [-0.3, -0.25) is 4.79 Å². The lowest BCUT2D eigenvalue weighted by atomic mass is 10.1. The Labute approximate surface area is 177 Å². The summed E-state index contributed by atoms with van der Waals surface area (Å²) >= 11 is 1.76. The molecular formula is C22H31N5OS. The third-order valence-electron chi connectivity index (χ3n) is 5.11. The number of hydrogen-bond acceptors (Lipinski definition) is 4. The van der Waals surface area contributed by atoms with Gasteiger partial charge in [0.1, 0.15) is 0 Å². The molecule has 1 saturated heterocycles. The summed E-state index contributed by atoms with van der Waals surface area (Å²) < 4.78 is 0. The van der Waals surface area contributed by atoms with Crippen molar-refractivity contribution in [2.75, 3.05) is 19.6 Å². The number of thiazole rings is 1. The number of carbonyl (C=O) groups is 1. The van der Waals surface area contributed by atoms with Crippen molar-refractivity contribution in [2.24, 2.45) is 4.99 Å². The highest BCUT2D eigenvalue weighted by molar-refractivity contribution is 7.11. The molecule has 0 saturated carbocycles. The Morgan fingerprint density at radius 3 is 2.69 bits per heavy atom. The molecule has 0 radical (unpaired) electrons. The second kappa shape index (κ2) is 10.4. The zero-order valence-corrected chi connectivity index (χ0v) is 18.4. The topological polar surface area (TPSA) is 69.6 Å². The zero-order chi connectivity index (χ0) is 20.6. The molecule has 6 nitrogen and oxygen atoms in total. The fourth-order valence-electron chi connectivity index (χ4n) is 3.38. The predicted octanol–water partition coefficient (Wildman–Crippen LogP) is 3.18. The Morgan fingerprint density at radius 1 is 1.24 bits per heavy atom. The first kappa shape index (κ1) is 21.3. The first-order valence-electron chi connectivity index (χ1n) is 10.4. The molecule has 0 spiro atoms. The van der Waals surface area contributed by atoms with Gasteiger partial charge < -0.3 is 15.5 Å². The van der Waals surface area contributed by atoms with Gasteiger partial charge in [-0.25, -0.2) is 9.98 Å². The van der Waals surface area contributed by atoms with E-state index in [0.717, 1.165) is 54.7 Å². The van der Waals surface area contributed by atoms with Crippen LogP contribution < -0.4 is 10.6 Å². The predicted molar refractivity (Wildman–Crippen MR) is 119 cm³/mol. The molecule has 2 heterocycles. The SMILES string of the molecule is CCNC(=NCc1ccccc1CN1CCCC1=O)NCCc1nc(C)c(C)s1. The van der Waals surface area contributed by atoms with Gasteiger partial charge >= 0.3 is 0 Å². The van der Waals surface area contributed by atoms with E-state index in [2.05, 4.69) is 48.5 Å². The third-order valence-corrected chi connectivity index (χ3v) is 6.24. The summed E-state index contributed by atoms with van der Waals surface area (Å²) in [5.41, 5.74) is 3.46. The summed E-state index contributed by atoms with van der Waals surface area (Å²) in [6, 6.07) is 8.27. The highest BCUT2D eigenvalue weighted by atomic mass is 32.1. The van der Waals surface area contributed by atoms with Crippen LogP contribution in [0.5, 0.6) is 0 Å². The van der Waals surface area contributed by atoms with Crippen LogP contribution in [-0.4, -0.2) is 41.4 Å². The normalized spacial score (nSPS) is 14.5. The average molecular weight is 414 g/mol. The first-order chi connectivity index (χ1) is 14.1. The fraction of sp³-hybridized carbons (Fsp3) is 0.500. The van der Waals surface area contributed by atoms with E-state index >= 15 is 0 Å². The number of aromatic nitrogens is 1. The lowest BCUT2D eigenvalue weighted by Crippen LogP contribution is -2.38. The van der Waals surface area contributed by atoms with Gasteiger partial charge in [0, 0.05) is 43.9 Å². The Balaban J connectivity index is 1.60. The Kier molecular flexibility index (Phi) is 7.63. The minimum absolute atomic E-state index is 0.256. The first-order valence-corrected chi connectivity index (χ1v) is 11.2. The van der Waals surface area contributed by atoms with Gasteiger partial charge in [0.15, 0.2) is 5.96 Å². The van der Waals surface area contributed by atoms with Crippen molar-refractivity contribution in [3.63, 3.8) is 0 Å². The quantitative estimate of drug-likeness (QED) is 0.515. The monoisotopic (exact) mass is 413 g/mol. The smallest absolute Gasteiger partial charge is 0.222 e. The van der Waals surface area contributed by atoms with Gasteiger partial charge in [-0.15, -0.1) is 11.3 Å². The molecule has 2 N–H and O–H groups in total. The third kappa shape index (κ3) is 6.03. The molecule has 2 aromatic rings. The van der Waals surface area contributed by atoms with Crippen LogP contribution in [0.3, 0.4) is 0 Å². The second-order valence-corrected chi connectivity index (χ2v) is 8.60. The molecule has 156 valence electrons. The maximum atomic E-state index is 12.0. The van der Waals surface area contributed by atoms with Crippen molar-refractivity contribution < 1.29 is 4.79 Å². The maximum Gasteiger partial charge on any atom is 0.222 e. The number of nitrogens with one attached hydrogen (secondary N) is 2. The standard InChI is InChI=1S/C22H31N5OS/c1-4-23-22(24-12-11-20-26-16(2)17(3)29-20)25-14-18-8-5-6-9-19(18)15-27-13-7-10-21(27)28/h5-6,8-9H,4,7,10-15H2,1-3H3,(H2,23,24,25). The highest BCUT2D eigenvalue weighted by Crippen LogP contribution is 2.18. The van der Waals surface area contributed by atoms with Crippen molar-refractivity contribution in [1.29, 1.82) is 0 Å². The number of carbonyl (C=O) groups excluding carboxylic acids is 1. The molecule has 1 fully saturated rings. The van der Waals surface area contributed by atoms with Gasteiger partial charge in [-0.2, -0.15) is 0 Å². The van der Waals surface area contributed by atoms with Gasteiger partial charge in [0.05, 0.1) is 17.2 Å². The summed E-state index contributed by atoms with van der Waals surface area (Å²) in [5.74, 6) is 1.07. The Hall–Kier alpha value is -2.41. The molecule has 0 bridgehead atoms. The number of aliphatic imine (C=N–C) groups is 1. The van der Waals surface area contributed by atoms with Crippen LogP contribution in [0, 0.1) is 13.8 Å². The Morgan fingerprint density at radius 2 is 2.03 bits per heavy atom. The number of hydrogen-bond donors (Lipinski definition) is 2. The number of benzene rings is 1. The van der Waals surface area contributed by atoms with E-state index in [4.69, 9.17) is 4.99 Å². The molecule has 0 atom stereocenters. The molecule has 1 aromatic heterocycles. The molecule has 1 aliphatic heterocycles. The summed E-state index contributed by atoms with van der Waals surface area (Å²) in [4.78, 5) is 24.6. The number of rotatable bonds is 8. The van der Waals surface area contributed by atoms with E-state index in [0.29, 0.717) is 19.5 Å². The maximum absolute atomic E-state index is 12.0. The summed E-state index contributed by atoms with van der Waals surface area (Å²) in [5, 5.41) is 7.88. The molecule has 3 rings (SSSR count). The molecule has 1 aliphatic rings. The van der Waals surface area contributed by atoms with Crippen LogP contribution in [0.1, 0.15) is 46.5 Å². The van der Waals surface area contributed by atoms with Crippen molar-refractivity contribution in [2.45, 2.75) is 53.1 Å². The zero-order valence-electron chi connectivity index (χ0n) is 17.6.